The highest BCUT2D eigenvalue weighted by molar-refractivity contribution is 5.68. The molecule has 4 aromatic rings. The van der Waals surface area contributed by atoms with Crippen molar-refractivity contribution in [2.24, 2.45) is 0 Å². The van der Waals surface area contributed by atoms with Crippen LogP contribution in [0.2, 0.25) is 0 Å². The van der Waals surface area contributed by atoms with Crippen LogP contribution in [0, 0.1) is 0 Å². The minimum absolute atomic E-state index is 0.224. The average Bonchev–Trinajstić information content (AvgIpc) is 3.24. The number of nitrogens with zero attached hydrogens (tertiary/aromatic N) is 3. The van der Waals surface area contributed by atoms with Gasteiger partial charge >= 0.3 is 0 Å². The Morgan fingerprint density at radius 3 is 2.52 bits per heavy atom. The maximum absolute atomic E-state index is 6.00. The third kappa shape index (κ3) is 3.66. The third-order valence-electron chi connectivity index (χ3n) is 4.32. The van der Waals surface area contributed by atoms with Crippen LogP contribution < -0.4 is 19.5 Å². The molecule has 0 aliphatic carbocycles. The Kier molecular flexibility index (Phi) is 4.38. The van der Waals surface area contributed by atoms with Gasteiger partial charge in [-0.05, 0) is 54.6 Å². The van der Waals surface area contributed by atoms with Gasteiger partial charge in [0.05, 0.1) is 0 Å². The van der Waals surface area contributed by atoms with Crippen LogP contribution in [0.1, 0.15) is 0 Å². The van der Waals surface area contributed by atoms with Gasteiger partial charge in [0, 0.05) is 29.8 Å². The fourth-order valence-electron chi connectivity index (χ4n) is 2.94. The smallest absolute Gasteiger partial charge is 0.246 e. The summed E-state index contributed by atoms with van der Waals surface area (Å²) in [6, 6.07) is 18.9. The van der Waals surface area contributed by atoms with Crippen molar-refractivity contribution in [1.29, 1.82) is 0 Å². The van der Waals surface area contributed by atoms with Crippen molar-refractivity contribution < 1.29 is 14.2 Å². The van der Waals surface area contributed by atoms with Crippen LogP contribution in [0.25, 0.3) is 11.3 Å². The van der Waals surface area contributed by atoms with Crippen LogP contribution in [-0.4, -0.2) is 21.7 Å². The number of benzene rings is 2. The Labute approximate surface area is 167 Å². The Hall–Kier alpha value is -4.13. The fourth-order valence-corrected chi connectivity index (χ4v) is 2.94. The van der Waals surface area contributed by atoms with Crippen molar-refractivity contribution in [3.63, 3.8) is 0 Å². The summed E-state index contributed by atoms with van der Waals surface area (Å²) in [5.74, 6) is 3.25. The number of nitrogens with one attached hydrogen (secondary N) is 1. The van der Waals surface area contributed by atoms with Crippen LogP contribution in [0.3, 0.4) is 0 Å². The molecule has 5 rings (SSSR count). The normalized spacial score (nSPS) is 11.9. The number of pyridine rings is 1. The van der Waals surface area contributed by atoms with Crippen molar-refractivity contribution in [3.05, 3.63) is 79.3 Å². The molecule has 0 spiro atoms. The van der Waals surface area contributed by atoms with Gasteiger partial charge in [0.15, 0.2) is 11.5 Å². The standard InChI is InChI=1S/C22H16N4O3/c1-2-10-23-20(3-1)26-16-5-7-17(8-6-16)29-22-21(24-11-12-25-22)15-4-9-18-19(13-15)28-14-27-18/h1-13H,14H2,(H,23,26). The van der Waals surface area contributed by atoms with Crippen LogP contribution in [-0.2, 0) is 0 Å². The summed E-state index contributed by atoms with van der Waals surface area (Å²) in [5.41, 5.74) is 2.37. The molecule has 2 aromatic carbocycles. The van der Waals surface area contributed by atoms with Crippen LogP contribution in [0.4, 0.5) is 11.5 Å². The second kappa shape index (κ2) is 7.47. The lowest BCUT2D eigenvalue weighted by Gasteiger charge is -2.10. The zero-order valence-corrected chi connectivity index (χ0v) is 15.3. The highest BCUT2D eigenvalue weighted by Gasteiger charge is 2.17. The quantitative estimate of drug-likeness (QED) is 0.529. The zero-order chi connectivity index (χ0) is 19.5. The Morgan fingerprint density at radius 1 is 0.793 bits per heavy atom. The first-order chi connectivity index (χ1) is 14.3. The number of anilines is 2. The van der Waals surface area contributed by atoms with E-state index in [2.05, 4.69) is 20.3 Å². The molecule has 7 heteroatoms. The summed E-state index contributed by atoms with van der Waals surface area (Å²) < 4.78 is 16.8. The van der Waals surface area contributed by atoms with Gasteiger partial charge in [-0.25, -0.2) is 15.0 Å². The highest BCUT2D eigenvalue weighted by Crippen LogP contribution is 2.38. The molecule has 0 amide bonds. The number of fused-ring (bicyclic) bond motifs is 1. The van der Waals surface area contributed by atoms with Crippen LogP contribution >= 0.6 is 0 Å². The van der Waals surface area contributed by atoms with Gasteiger partial charge in [-0.3, -0.25) is 0 Å². The highest BCUT2D eigenvalue weighted by atomic mass is 16.7. The predicted octanol–water partition coefficient (Wildman–Crippen LogP) is 4.80. The molecule has 0 saturated carbocycles. The number of ether oxygens (including phenoxy) is 3. The molecule has 0 atom stereocenters. The summed E-state index contributed by atoms with van der Waals surface area (Å²) >= 11 is 0. The van der Waals surface area contributed by atoms with Crippen molar-refractivity contribution >= 4 is 11.5 Å². The molecule has 1 aliphatic rings. The summed E-state index contributed by atoms with van der Waals surface area (Å²) in [7, 11) is 0. The molecule has 142 valence electrons. The second-order valence-corrected chi connectivity index (χ2v) is 6.24. The molecule has 1 N–H and O–H groups in total. The van der Waals surface area contributed by atoms with E-state index in [-0.39, 0.29) is 6.79 Å². The molecule has 3 heterocycles. The van der Waals surface area contributed by atoms with E-state index >= 15 is 0 Å². The van der Waals surface area contributed by atoms with E-state index < -0.39 is 0 Å². The molecule has 29 heavy (non-hydrogen) atoms. The van der Waals surface area contributed by atoms with E-state index in [0.717, 1.165) is 22.8 Å². The van der Waals surface area contributed by atoms with Crippen LogP contribution in [0.15, 0.2) is 79.3 Å². The van der Waals surface area contributed by atoms with Crippen molar-refractivity contribution in [3.8, 4) is 34.4 Å². The molecule has 2 aromatic heterocycles. The van der Waals surface area contributed by atoms with E-state index in [0.29, 0.717) is 23.1 Å². The zero-order valence-electron chi connectivity index (χ0n) is 15.3. The lowest BCUT2D eigenvalue weighted by atomic mass is 10.1. The van der Waals surface area contributed by atoms with Gasteiger partial charge in [0.25, 0.3) is 0 Å². The molecule has 0 fully saturated rings. The van der Waals surface area contributed by atoms with E-state index in [1.807, 2.05) is 60.7 Å². The minimum Gasteiger partial charge on any atom is -0.454 e. The molecule has 0 radical (unpaired) electrons. The number of hydrogen-bond donors (Lipinski definition) is 1. The van der Waals surface area contributed by atoms with Gasteiger partial charge < -0.3 is 19.5 Å². The SMILES string of the molecule is c1ccc(Nc2ccc(Oc3nccnc3-c3ccc4c(c3)OCO4)cc2)nc1. The lowest BCUT2D eigenvalue weighted by Crippen LogP contribution is -1.95. The van der Waals surface area contributed by atoms with Crippen molar-refractivity contribution in [1.82, 2.24) is 15.0 Å². The summed E-state index contributed by atoms with van der Waals surface area (Å²) in [6.07, 6.45) is 4.97. The molecule has 0 bridgehead atoms. The third-order valence-corrected chi connectivity index (χ3v) is 4.32. The van der Waals surface area contributed by atoms with Gasteiger partial charge in [-0.15, -0.1) is 0 Å². The molecule has 1 aliphatic heterocycles. The number of rotatable bonds is 5. The molecular weight excluding hydrogens is 368 g/mol. The minimum atomic E-state index is 0.224. The summed E-state index contributed by atoms with van der Waals surface area (Å²) in [5, 5.41) is 3.24. The first-order valence-electron chi connectivity index (χ1n) is 9.02. The average molecular weight is 384 g/mol. The van der Waals surface area contributed by atoms with Gasteiger partial charge in [-0.1, -0.05) is 6.07 Å². The van der Waals surface area contributed by atoms with Gasteiger partial charge in [0.2, 0.25) is 12.7 Å². The van der Waals surface area contributed by atoms with Crippen LogP contribution in [0.5, 0.6) is 23.1 Å². The Morgan fingerprint density at radius 2 is 1.66 bits per heavy atom. The van der Waals surface area contributed by atoms with Crippen molar-refractivity contribution in [2.75, 3.05) is 12.1 Å². The van der Waals surface area contributed by atoms with E-state index in [9.17, 15) is 0 Å². The molecule has 0 unspecified atom stereocenters. The molecular formula is C22H16N4O3. The maximum atomic E-state index is 6.00. The monoisotopic (exact) mass is 384 g/mol. The fraction of sp³-hybridized carbons (Fsp3) is 0.0455. The summed E-state index contributed by atoms with van der Waals surface area (Å²) in [4.78, 5) is 13.0. The first kappa shape index (κ1) is 17.0. The predicted molar refractivity (Wildman–Crippen MR) is 108 cm³/mol. The topological polar surface area (TPSA) is 78.4 Å². The number of aromatic nitrogens is 3. The lowest BCUT2D eigenvalue weighted by molar-refractivity contribution is 0.174. The second-order valence-electron chi connectivity index (χ2n) is 6.24. The summed E-state index contributed by atoms with van der Waals surface area (Å²) in [6.45, 7) is 0.224. The largest absolute Gasteiger partial charge is 0.454 e. The van der Waals surface area contributed by atoms with Gasteiger partial charge in [-0.2, -0.15) is 0 Å². The van der Waals surface area contributed by atoms with E-state index in [4.69, 9.17) is 14.2 Å². The van der Waals surface area contributed by atoms with E-state index in [1.54, 1.807) is 18.6 Å². The molecule has 0 saturated heterocycles. The van der Waals surface area contributed by atoms with Crippen molar-refractivity contribution in [2.45, 2.75) is 0 Å². The first-order valence-corrected chi connectivity index (χ1v) is 9.02. The molecule has 7 nitrogen and oxygen atoms in total. The maximum Gasteiger partial charge on any atom is 0.246 e. The Balaban J connectivity index is 1.37. The number of hydrogen-bond acceptors (Lipinski definition) is 7. The van der Waals surface area contributed by atoms with Gasteiger partial charge in [0.1, 0.15) is 17.3 Å². The Bertz CT molecular complexity index is 1130. The van der Waals surface area contributed by atoms with E-state index in [1.165, 1.54) is 0 Å².